The number of aliphatic hydroxyl groups is 1. The van der Waals surface area contributed by atoms with Gasteiger partial charge in [0.1, 0.15) is 5.60 Å². The molecule has 0 fully saturated rings. The van der Waals surface area contributed by atoms with Crippen LogP contribution in [-0.4, -0.2) is 21.6 Å². The van der Waals surface area contributed by atoms with E-state index in [1.165, 1.54) is 18.3 Å². The summed E-state index contributed by atoms with van der Waals surface area (Å²) in [6, 6.07) is 9.79. The van der Waals surface area contributed by atoms with Crippen molar-refractivity contribution < 1.29 is 9.90 Å². The van der Waals surface area contributed by atoms with Crippen molar-refractivity contribution >= 4 is 22.4 Å². The van der Waals surface area contributed by atoms with Crippen molar-refractivity contribution in [1.82, 2.24) is 4.98 Å². The van der Waals surface area contributed by atoms with E-state index < -0.39 is 11.5 Å². The van der Waals surface area contributed by atoms with Crippen LogP contribution in [0.5, 0.6) is 0 Å². The number of carbonyl (C=O) groups excluding carboxylic acids is 1. The summed E-state index contributed by atoms with van der Waals surface area (Å²) in [5.74, 6) is -0.418. The normalized spacial score (nSPS) is 13.8. The number of hydrogen-bond acceptors (Lipinski definition) is 4. The van der Waals surface area contributed by atoms with Gasteiger partial charge in [-0.15, -0.1) is 11.3 Å². The molecule has 0 aliphatic carbocycles. The Balaban J connectivity index is 1.92. The smallest absolute Gasteiger partial charge is 0.257 e. The van der Waals surface area contributed by atoms with Gasteiger partial charge >= 0.3 is 0 Å². The second-order valence-corrected chi connectivity index (χ2v) is 5.45. The summed E-state index contributed by atoms with van der Waals surface area (Å²) >= 11 is 1.33. The maximum absolute atomic E-state index is 12.0. The van der Waals surface area contributed by atoms with Gasteiger partial charge in [-0.2, -0.15) is 0 Å². The van der Waals surface area contributed by atoms with E-state index in [-0.39, 0.29) is 0 Å². The number of rotatable bonds is 5. The largest absolute Gasteiger partial charge is 0.380 e. The van der Waals surface area contributed by atoms with Crippen LogP contribution >= 0.6 is 11.3 Å². The molecule has 0 unspecified atom stereocenters. The maximum Gasteiger partial charge on any atom is 0.257 e. The minimum atomic E-state index is -1.40. The molecule has 0 saturated carbocycles. The molecular formula is C14H16N2O2S. The first-order valence-corrected chi connectivity index (χ1v) is 6.93. The van der Waals surface area contributed by atoms with Gasteiger partial charge in [0.05, 0.1) is 0 Å². The van der Waals surface area contributed by atoms with Crippen molar-refractivity contribution in [3.63, 3.8) is 0 Å². The van der Waals surface area contributed by atoms with Crippen LogP contribution in [-0.2, 0) is 11.2 Å². The molecule has 4 nitrogen and oxygen atoms in total. The van der Waals surface area contributed by atoms with Gasteiger partial charge in [0.15, 0.2) is 5.13 Å². The highest BCUT2D eigenvalue weighted by molar-refractivity contribution is 7.13. The molecule has 1 aromatic carbocycles. The number of anilines is 1. The average molecular weight is 276 g/mol. The Hall–Kier alpha value is -1.72. The van der Waals surface area contributed by atoms with Gasteiger partial charge in [0, 0.05) is 11.6 Å². The molecule has 0 aliphatic rings. The lowest BCUT2D eigenvalue weighted by Gasteiger charge is -2.21. The van der Waals surface area contributed by atoms with Crippen molar-refractivity contribution in [3.05, 3.63) is 47.5 Å². The summed E-state index contributed by atoms with van der Waals surface area (Å²) < 4.78 is 0. The van der Waals surface area contributed by atoms with E-state index in [0.29, 0.717) is 18.0 Å². The lowest BCUT2D eigenvalue weighted by molar-refractivity contribution is -0.132. The van der Waals surface area contributed by atoms with Gasteiger partial charge < -0.3 is 5.11 Å². The lowest BCUT2D eigenvalue weighted by Crippen LogP contribution is -2.40. The van der Waals surface area contributed by atoms with Crippen LogP contribution in [0.25, 0.3) is 0 Å². The van der Waals surface area contributed by atoms with Gasteiger partial charge in [-0.05, 0) is 25.3 Å². The second kappa shape index (κ2) is 5.95. The lowest BCUT2D eigenvalue weighted by atomic mass is 9.96. The van der Waals surface area contributed by atoms with Crippen LogP contribution in [0, 0.1) is 0 Å². The molecule has 1 amide bonds. The van der Waals surface area contributed by atoms with Gasteiger partial charge in [-0.3, -0.25) is 10.1 Å². The first kappa shape index (κ1) is 13.7. The van der Waals surface area contributed by atoms with Crippen LogP contribution < -0.4 is 5.32 Å². The summed E-state index contributed by atoms with van der Waals surface area (Å²) in [5.41, 5.74) is -0.300. The van der Waals surface area contributed by atoms with E-state index in [9.17, 15) is 9.90 Å². The van der Waals surface area contributed by atoms with Crippen molar-refractivity contribution in [2.24, 2.45) is 0 Å². The molecule has 2 N–H and O–H groups in total. The van der Waals surface area contributed by atoms with Gasteiger partial charge in [0.2, 0.25) is 0 Å². The Labute approximate surface area is 116 Å². The zero-order valence-corrected chi connectivity index (χ0v) is 11.5. The van der Waals surface area contributed by atoms with Crippen LogP contribution in [0.4, 0.5) is 5.13 Å². The zero-order chi connectivity index (χ0) is 13.7. The van der Waals surface area contributed by atoms with E-state index >= 15 is 0 Å². The fraction of sp³-hybridized carbons (Fsp3) is 0.286. The van der Waals surface area contributed by atoms with Crippen molar-refractivity contribution in [1.29, 1.82) is 0 Å². The molecule has 0 bridgehead atoms. The Bertz CT molecular complexity index is 524. The van der Waals surface area contributed by atoms with Gasteiger partial charge in [0.25, 0.3) is 5.91 Å². The number of benzene rings is 1. The van der Waals surface area contributed by atoms with E-state index in [4.69, 9.17) is 0 Å². The quantitative estimate of drug-likeness (QED) is 0.882. The molecule has 0 aliphatic heterocycles. The molecule has 2 rings (SSSR count). The van der Waals surface area contributed by atoms with Gasteiger partial charge in [-0.25, -0.2) is 4.98 Å². The van der Waals surface area contributed by atoms with E-state index in [1.54, 1.807) is 11.6 Å². The van der Waals surface area contributed by atoms with E-state index in [0.717, 1.165) is 5.56 Å². The molecule has 5 heteroatoms. The Morgan fingerprint density at radius 2 is 2.16 bits per heavy atom. The molecule has 2 aromatic rings. The molecule has 1 aromatic heterocycles. The third-order valence-corrected chi connectivity index (χ3v) is 3.57. The molecular weight excluding hydrogens is 260 g/mol. The van der Waals surface area contributed by atoms with Crippen LogP contribution in [0.2, 0.25) is 0 Å². The van der Waals surface area contributed by atoms with Crippen LogP contribution in [0.3, 0.4) is 0 Å². The van der Waals surface area contributed by atoms with E-state index in [1.807, 2.05) is 30.3 Å². The van der Waals surface area contributed by atoms with Gasteiger partial charge in [-0.1, -0.05) is 30.3 Å². The molecule has 100 valence electrons. The van der Waals surface area contributed by atoms with Crippen molar-refractivity contribution in [2.75, 3.05) is 5.32 Å². The summed E-state index contributed by atoms with van der Waals surface area (Å²) in [4.78, 5) is 15.9. The summed E-state index contributed by atoms with van der Waals surface area (Å²) in [6.45, 7) is 1.53. The number of thiazole rings is 1. The molecule has 1 atom stereocenters. The molecule has 0 radical (unpaired) electrons. The fourth-order valence-corrected chi connectivity index (χ4v) is 2.19. The number of aromatic nitrogens is 1. The number of amides is 1. The third kappa shape index (κ3) is 3.87. The third-order valence-electron chi connectivity index (χ3n) is 2.89. The molecule has 1 heterocycles. The summed E-state index contributed by atoms with van der Waals surface area (Å²) in [7, 11) is 0. The highest BCUT2D eigenvalue weighted by Crippen LogP contribution is 2.18. The molecule has 0 spiro atoms. The second-order valence-electron chi connectivity index (χ2n) is 4.55. The fourth-order valence-electron chi connectivity index (χ4n) is 1.66. The molecule has 19 heavy (non-hydrogen) atoms. The predicted molar refractivity (Wildman–Crippen MR) is 76.1 cm³/mol. The summed E-state index contributed by atoms with van der Waals surface area (Å²) in [6.07, 6.45) is 2.63. The topological polar surface area (TPSA) is 62.2 Å². The van der Waals surface area contributed by atoms with Crippen molar-refractivity contribution in [3.8, 4) is 0 Å². The number of aryl methyl sites for hydroxylation is 1. The zero-order valence-electron chi connectivity index (χ0n) is 10.7. The number of nitrogens with zero attached hydrogens (tertiary/aromatic N) is 1. The number of hydrogen-bond donors (Lipinski definition) is 2. The predicted octanol–water partition coefficient (Wildman–Crippen LogP) is 2.47. The maximum atomic E-state index is 12.0. The Morgan fingerprint density at radius 3 is 2.79 bits per heavy atom. The standard InChI is InChI=1S/C14H16N2O2S/c1-14(18,8-7-11-5-3-2-4-6-11)12(17)16-13-15-9-10-19-13/h2-6,9-10,18H,7-8H2,1H3,(H,15,16,17)/t14-/m0/s1. The monoisotopic (exact) mass is 276 g/mol. The Kier molecular flexibility index (Phi) is 4.29. The SMILES string of the molecule is C[C@](O)(CCc1ccccc1)C(=O)Nc1nccs1. The minimum Gasteiger partial charge on any atom is -0.380 e. The van der Waals surface area contributed by atoms with Crippen LogP contribution in [0.15, 0.2) is 41.9 Å². The Morgan fingerprint density at radius 1 is 1.42 bits per heavy atom. The minimum absolute atomic E-state index is 0.369. The number of carbonyl (C=O) groups is 1. The highest BCUT2D eigenvalue weighted by atomic mass is 32.1. The summed E-state index contributed by atoms with van der Waals surface area (Å²) in [5, 5.41) is 15.1. The highest BCUT2D eigenvalue weighted by Gasteiger charge is 2.30. The average Bonchev–Trinajstić information content (AvgIpc) is 2.90. The molecule has 0 saturated heterocycles. The first-order valence-electron chi connectivity index (χ1n) is 6.05. The number of nitrogens with one attached hydrogen (secondary N) is 1. The van der Waals surface area contributed by atoms with Crippen LogP contribution in [0.1, 0.15) is 18.9 Å². The first-order chi connectivity index (χ1) is 9.08. The van der Waals surface area contributed by atoms with Crippen molar-refractivity contribution in [2.45, 2.75) is 25.4 Å². The van der Waals surface area contributed by atoms with E-state index in [2.05, 4.69) is 10.3 Å².